The van der Waals surface area contributed by atoms with Crippen molar-refractivity contribution in [3.63, 3.8) is 0 Å². The number of halogens is 1. The Bertz CT molecular complexity index is 1800. The molecule has 7 nitrogen and oxygen atoms in total. The second-order valence-corrected chi connectivity index (χ2v) is 14.4. The topological polar surface area (TPSA) is 96.7 Å². The molecule has 0 spiro atoms. The lowest BCUT2D eigenvalue weighted by molar-refractivity contribution is -0.199. The second kappa shape index (κ2) is 11.0. The summed E-state index contributed by atoms with van der Waals surface area (Å²) in [6, 6.07) is 18.9. The van der Waals surface area contributed by atoms with E-state index in [1.165, 1.54) is 12.1 Å². The first kappa shape index (κ1) is 30.6. The number of nitrogens with zero attached hydrogens (tertiary/aromatic N) is 2. The summed E-state index contributed by atoms with van der Waals surface area (Å²) in [6.07, 6.45) is -1.07. The van der Waals surface area contributed by atoms with Gasteiger partial charge in [-0.15, -0.1) is 0 Å². The van der Waals surface area contributed by atoms with Gasteiger partial charge in [-0.05, 0) is 61.9 Å². The van der Waals surface area contributed by atoms with Crippen LogP contribution in [0, 0.1) is 40.9 Å². The normalized spacial score (nSPS) is 20.7. The summed E-state index contributed by atoms with van der Waals surface area (Å²) < 4.78 is 36.9. The molecule has 0 aromatic heterocycles. The van der Waals surface area contributed by atoms with Crippen LogP contribution in [0.15, 0.2) is 65.6 Å². The summed E-state index contributed by atoms with van der Waals surface area (Å²) in [5, 5.41) is 9.52. The molecule has 222 valence electrons. The maximum absolute atomic E-state index is 13.6. The summed E-state index contributed by atoms with van der Waals surface area (Å²) in [4.78, 5) is 15.6. The number of carbonyl (C=O) groups excluding carboxylic acids is 1. The summed E-state index contributed by atoms with van der Waals surface area (Å²) >= 11 is 6.23. The number of hydrogen-bond donors (Lipinski definition) is 0. The molecule has 1 fully saturated rings. The van der Waals surface area contributed by atoms with E-state index in [2.05, 4.69) is 45.6 Å². The van der Waals surface area contributed by atoms with E-state index in [0.717, 1.165) is 11.1 Å². The van der Waals surface area contributed by atoms with Crippen molar-refractivity contribution in [2.75, 3.05) is 0 Å². The van der Waals surface area contributed by atoms with Gasteiger partial charge < -0.3 is 9.64 Å². The van der Waals surface area contributed by atoms with Crippen molar-refractivity contribution in [3.05, 3.63) is 93.5 Å². The zero-order chi connectivity index (χ0) is 31.3. The van der Waals surface area contributed by atoms with Crippen LogP contribution >= 0.6 is 11.6 Å². The molecule has 1 amide bonds. The molecule has 0 radical (unpaired) electrons. The van der Waals surface area contributed by atoms with Gasteiger partial charge in [0.25, 0.3) is 16.0 Å². The van der Waals surface area contributed by atoms with E-state index < -0.39 is 16.2 Å². The molecule has 1 aliphatic heterocycles. The number of benzene rings is 3. The number of nitriles is 1. The quantitative estimate of drug-likeness (QED) is 0.232. The van der Waals surface area contributed by atoms with E-state index in [4.69, 9.17) is 20.5 Å². The van der Waals surface area contributed by atoms with Crippen molar-refractivity contribution in [1.29, 1.82) is 5.26 Å². The predicted octanol–water partition coefficient (Wildman–Crippen LogP) is 6.50. The number of amides is 1. The SMILES string of the molecule is Cc1ccc(S(=O)(=O)OC(C)C#Cc2ccc3c(c2)CN([C@H]2C(C)(C)[C@H](Oc4ccc(C#N)c(Cl)c4)C2(C)C)C3=O)cc1. The van der Waals surface area contributed by atoms with Crippen LogP contribution in [0.25, 0.3) is 0 Å². The van der Waals surface area contributed by atoms with E-state index in [0.29, 0.717) is 34.0 Å². The van der Waals surface area contributed by atoms with Gasteiger partial charge in [-0.1, -0.05) is 68.8 Å². The van der Waals surface area contributed by atoms with Gasteiger partial charge in [-0.2, -0.15) is 13.7 Å². The Hall–Kier alpha value is -3.82. The molecule has 0 saturated heterocycles. The van der Waals surface area contributed by atoms with Gasteiger partial charge in [0.1, 0.15) is 24.0 Å². The lowest BCUT2D eigenvalue weighted by Crippen LogP contribution is -2.74. The second-order valence-electron chi connectivity index (χ2n) is 12.4. The van der Waals surface area contributed by atoms with Crippen molar-refractivity contribution >= 4 is 27.6 Å². The van der Waals surface area contributed by atoms with Crippen LogP contribution in [0.4, 0.5) is 0 Å². The Labute approximate surface area is 258 Å². The highest BCUT2D eigenvalue weighted by molar-refractivity contribution is 7.86. The first-order chi connectivity index (χ1) is 20.1. The van der Waals surface area contributed by atoms with Crippen molar-refractivity contribution < 1.29 is 22.1 Å². The van der Waals surface area contributed by atoms with Crippen LogP contribution in [0.5, 0.6) is 5.75 Å². The predicted molar refractivity (Wildman–Crippen MR) is 164 cm³/mol. The lowest BCUT2D eigenvalue weighted by Gasteiger charge is -2.65. The summed E-state index contributed by atoms with van der Waals surface area (Å²) in [5.41, 5.74) is 2.76. The summed E-state index contributed by atoms with van der Waals surface area (Å²) in [6.45, 7) is 12.3. The molecule has 9 heteroatoms. The Kier molecular flexibility index (Phi) is 7.86. The van der Waals surface area contributed by atoms with Crippen molar-refractivity contribution in [1.82, 2.24) is 4.90 Å². The molecule has 2 aliphatic rings. The van der Waals surface area contributed by atoms with E-state index in [9.17, 15) is 18.5 Å². The van der Waals surface area contributed by atoms with Gasteiger partial charge in [0.05, 0.1) is 15.5 Å². The van der Waals surface area contributed by atoms with Gasteiger partial charge in [0, 0.05) is 40.6 Å². The average Bonchev–Trinajstić information content (AvgIpc) is 3.24. The molecular formula is C34H33ClN2O5S. The highest BCUT2D eigenvalue weighted by Gasteiger charge is 2.67. The minimum Gasteiger partial charge on any atom is -0.489 e. The fourth-order valence-corrected chi connectivity index (χ4v) is 8.02. The minimum atomic E-state index is -3.95. The first-order valence-corrected chi connectivity index (χ1v) is 15.8. The van der Waals surface area contributed by atoms with Gasteiger partial charge in [0.2, 0.25) is 0 Å². The highest BCUT2D eigenvalue weighted by Crippen LogP contribution is 2.59. The molecule has 1 aliphatic carbocycles. The first-order valence-electron chi connectivity index (χ1n) is 14.0. The third-order valence-corrected chi connectivity index (χ3v) is 10.0. The zero-order valence-electron chi connectivity index (χ0n) is 24.9. The van der Waals surface area contributed by atoms with Crippen LogP contribution in [0.2, 0.25) is 5.02 Å². The lowest BCUT2D eigenvalue weighted by atomic mass is 9.49. The van der Waals surface area contributed by atoms with Crippen molar-refractivity contribution in [3.8, 4) is 23.7 Å². The maximum Gasteiger partial charge on any atom is 0.298 e. The van der Waals surface area contributed by atoms with E-state index in [1.54, 1.807) is 49.4 Å². The van der Waals surface area contributed by atoms with Crippen LogP contribution in [0.3, 0.4) is 0 Å². The molecule has 1 heterocycles. The molecule has 5 rings (SSSR count). The van der Waals surface area contributed by atoms with Crippen LogP contribution in [-0.4, -0.2) is 37.5 Å². The number of carbonyl (C=O) groups is 1. The number of hydrogen-bond acceptors (Lipinski definition) is 6. The molecule has 0 N–H and O–H groups in total. The number of fused-ring (bicyclic) bond motifs is 1. The third-order valence-electron chi connectivity index (χ3n) is 8.33. The van der Waals surface area contributed by atoms with E-state index in [1.807, 2.05) is 17.9 Å². The maximum atomic E-state index is 13.6. The molecule has 1 unspecified atom stereocenters. The minimum absolute atomic E-state index is 0.0404. The smallest absolute Gasteiger partial charge is 0.298 e. The number of rotatable bonds is 6. The Morgan fingerprint density at radius 2 is 1.70 bits per heavy atom. The Morgan fingerprint density at radius 3 is 2.33 bits per heavy atom. The fourth-order valence-electron chi connectivity index (χ4n) is 6.80. The number of aryl methyl sites for hydroxylation is 1. The van der Waals surface area contributed by atoms with Gasteiger partial charge in [0.15, 0.2) is 0 Å². The van der Waals surface area contributed by atoms with Gasteiger partial charge >= 0.3 is 0 Å². The Balaban J connectivity index is 1.29. The zero-order valence-corrected chi connectivity index (χ0v) is 26.5. The van der Waals surface area contributed by atoms with Crippen LogP contribution in [0.1, 0.15) is 67.2 Å². The van der Waals surface area contributed by atoms with E-state index in [-0.39, 0.29) is 33.8 Å². The molecule has 3 aromatic rings. The molecule has 1 atom stereocenters. The van der Waals surface area contributed by atoms with Crippen LogP contribution in [-0.2, 0) is 20.8 Å². The number of ether oxygens (including phenoxy) is 1. The van der Waals surface area contributed by atoms with Gasteiger partial charge in [-0.25, -0.2) is 0 Å². The Morgan fingerprint density at radius 1 is 1.02 bits per heavy atom. The summed E-state index contributed by atoms with van der Waals surface area (Å²) in [7, 11) is -3.95. The monoisotopic (exact) mass is 616 g/mol. The highest BCUT2D eigenvalue weighted by atomic mass is 35.5. The van der Waals surface area contributed by atoms with E-state index >= 15 is 0 Å². The fraction of sp³-hybridized carbons (Fsp3) is 0.353. The van der Waals surface area contributed by atoms with Crippen molar-refractivity contribution in [2.45, 2.75) is 71.2 Å². The van der Waals surface area contributed by atoms with Crippen LogP contribution < -0.4 is 4.74 Å². The third kappa shape index (κ3) is 5.63. The largest absolute Gasteiger partial charge is 0.489 e. The standard InChI is InChI=1S/C34H33ClN2O5S/c1-21-7-14-27(15-8-21)43(39,40)42-22(2)9-10-23-11-16-28-25(17-23)20-37(30(28)38)31-33(3,4)32(34(31,5)6)41-26-13-12-24(19-36)29(35)18-26/h7-8,11-18,22,31-32H,20H2,1-6H3/t22?,31-,32-. The van der Waals surface area contributed by atoms with Gasteiger partial charge in [-0.3, -0.25) is 8.98 Å². The average molecular weight is 617 g/mol. The molecule has 0 bridgehead atoms. The molecular weight excluding hydrogens is 584 g/mol. The molecule has 3 aromatic carbocycles. The summed E-state index contributed by atoms with van der Waals surface area (Å²) in [5.74, 6) is 6.41. The molecule has 43 heavy (non-hydrogen) atoms. The van der Waals surface area contributed by atoms with Crippen molar-refractivity contribution in [2.24, 2.45) is 10.8 Å². The molecule has 1 saturated carbocycles.